The third-order valence-electron chi connectivity index (χ3n) is 3.82. The van der Waals surface area contributed by atoms with Gasteiger partial charge in [0.1, 0.15) is 6.04 Å². The minimum absolute atomic E-state index is 0.159. The Morgan fingerprint density at radius 2 is 1.73 bits per heavy atom. The van der Waals surface area contributed by atoms with Crippen LogP contribution in [-0.2, 0) is 19.6 Å². The average molecular weight is 327 g/mol. The molecular formula is C16H25NO4S. The smallest absolute Gasteiger partial charge is 0.324 e. The lowest BCUT2D eigenvalue weighted by atomic mass is 10.0. The number of carbonyl (C=O) groups excluding carboxylic acids is 1. The first-order valence-electron chi connectivity index (χ1n) is 7.32. The maximum absolute atomic E-state index is 12.7. The molecular weight excluding hydrogens is 302 g/mol. The van der Waals surface area contributed by atoms with Gasteiger partial charge in [0.25, 0.3) is 0 Å². The van der Waals surface area contributed by atoms with Crippen LogP contribution in [0.4, 0.5) is 0 Å². The van der Waals surface area contributed by atoms with Crippen LogP contribution >= 0.6 is 0 Å². The number of sulfonamides is 1. The van der Waals surface area contributed by atoms with Crippen LogP contribution in [0.1, 0.15) is 37.0 Å². The second-order valence-corrected chi connectivity index (χ2v) is 7.39. The molecule has 1 rings (SSSR count). The van der Waals surface area contributed by atoms with Gasteiger partial charge in [-0.15, -0.1) is 0 Å². The van der Waals surface area contributed by atoms with E-state index in [1.165, 1.54) is 7.11 Å². The predicted molar refractivity (Wildman–Crippen MR) is 86.2 cm³/mol. The number of nitrogens with one attached hydrogen (secondary N) is 1. The quantitative estimate of drug-likeness (QED) is 0.815. The molecule has 0 saturated heterocycles. The molecule has 0 bridgehead atoms. The summed E-state index contributed by atoms with van der Waals surface area (Å²) in [6.45, 7) is 9.15. The highest BCUT2D eigenvalue weighted by Gasteiger charge is 2.31. The van der Waals surface area contributed by atoms with E-state index in [1.807, 2.05) is 32.9 Å². The lowest BCUT2D eigenvalue weighted by Crippen LogP contribution is -2.45. The van der Waals surface area contributed by atoms with Gasteiger partial charge in [0, 0.05) is 0 Å². The summed E-state index contributed by atoms with van der Waals surface area (Å²) in [5.74, 6) is -0.728. The fourth-order valence-electron chi connectivity index (χ4n) is 2.58. The number of carbonyl (C=O) groups is 1. The summed E-state index contributed by atoms with van der Waals surface area (Å²) in [6, 6.07) is 2.75. The van der Waals surface area contributed by atoms with Gasteiger partial charge in [0.2, 0.25) is 10.0 Å². The number of rotatable bonds is 6. The predicted octanol–water partition coefficient (Wildman–Crippen LogP) is 2.48. The lowest BCUT2D eigenvalue weighted by molar-refractivity contribution is -0.143. The molecule has 0 heterocycles. The molecule has 0 amide bonds. The third-order valence-corrected chi connectivity index (χ3v) is 5.57. The van der Waals surface area contributed by atoms with E-state index in [0.29, 0.717) is 17.5 Å². The summed E-state index contributed by atoms with van der Waals surface area (Å²) < 4.78 is 32.7. The molecule has 1 aromatic carbocycles. The second kappa shape index (κ2) is 7.24. The molecule has 0 aliphatic rings. The molecule has 2 atom stereocenters. The van der Waals surface area contributed by atoms with Crippen LogP contribution in [0, 0.1) is 26.7 Å². The zero-order chi connectivity index (χ0) is 17.1. The Kier molecular flexibility index (Phi) is 6.14. The molecule has 0 spiro atoms. The van der Waals surface area contributed by atoms with Crippen LogP contribution in [-0.4, -0.2) is 27.5 Å². The highest BCUT2D eigenvalue weighted by molar-refractivity contribution is 7.89. The molecule has 0 unspecified atom stereocenters. The molecule has 5 nitrogen and oxygen atoms in total. The molecule has 22 heavy (non-hydrogen) atoms. The van der Waals surface area contributed by atoms with Gasteiger partial charge in [-0.3, -0.25) is 4.79 Å². The standard InChI is InChI=1S/C16H25NO4S/c1-7-11(3)14(16(18)21-6)17-22(19,20)15-12(4)8-10(2)9-13(15)5/h8-9,11,14,17H,7H2,1-6H3/t11-,14+/m1/s1. The normalized spacial score (nSPS) is 14.5. The first-order valence-corrected chi connectivity index (χ1v) is 8.80. The summed E-state index contributed by atoms with van der Waals surface area (Å²) in [5.41, 5.74) is 2.33. The van der Waals surface area contributed by atoms with Gasteiger partial charge in [-0.05, 0) is 37.8 Å². The van der Waals surface area contributed by atoms with Gasteiger partial charge in [0.15, 0.2) is 0 Å². The SMILES string of the molecule is CC[C@@H](C)[C@H](NS(=O)(=O)c1c(C)cc(C)cc1C)C(=O)OC. The van der Waals surface area contributed by atoms with Gasteiger partial charge >= 0.3 is 5.97 Å². The summed E-state index contributed by atoms with van der Waals surface area (Å²) in [7, 11) is -2.54. The molecule has 0 aromatic heterocycles. The Morgan fingerprint density at radius 1 is 1.23 bits per heavy atom. The van der Waals surface area contributed by atoms with Crippen molar-refractivity contribution in [2.24, 2.45) is 5.92 Å². The first kappa shape index (κ1) is 18.6. The number of aryl methyl sites for hydroxylation is 3. The molecule has 6 heteroatoms. The van der Waals surface area contributed by atoms with Crippen molar-refractivity contribution in [1.82, 2.24) is 4.72 Å². The molecule has 0 aliphatic carbocycles. The Labute approximate surface area is 133 Å². The maximum atomic E-state index is 12.7. The van der Waals surface area contributed by atoms with Crippen molar-refractivity contribution < 1.29 is 17.9 Å². The monoisotopic (exact) mass is 327 g/mol. The van der Waals surface area contributed by atoms with Crippen molar-refractivity contribution in [3.63, 3.8) is 0 Å². The molecule has 0 saturated carbocycles. The van der Waals surface area contributed by atoms with E-state index in [2.05, 4.69) is 4.72 Å². The molecule has 0 radical (unpaired) electrons. The Hall–Kier alpha value is -1.40. The van der Waals surface area contributed by atoms with Crippen molar-refractivity contribution >= 4 is 16.0 Å². The molecule has 0 fully saturated rings. The minimum atomic E-state index is -3.80. The van der Waals surface area contributed by atoms with E-state index in [4.69, 9.17) is 4.74 Å². The van der Waals surface area contributed by atoms with Crippen LogP contribution in [0.3, 0.4) is 0 Å². The average Bonchev–Trinajstić information content (AvgIpc) is 2.41. The van der Waals surface area contributed by atoms with Crippen molar-refractivity contribution in [2.45, 2.75) is 52.0 Å². The Morgan fingerprint density at radius 3 is 2.14 bits per heavy atom. The number of ether oxygens (including phenoxy) is 1. The highest BCUT2D eigenvalue weighted by Crippen LogP contribution is 2.23. The summed E-state index contributed by atoms with van der Waals surface area (Å²) in [5, 5.41) is 0. The lowest BCUT2D eigenvalue weighted by Gasteiger charge is -2.23. The fourth-order valence-corrected chi connectivity index (χ4v) is 4.32. The first-order chi connectivity index (χ1) is 10.1. The summed E-state index contributed by atoms with van der Waals surface area (Å²) >= 11 is 0. The molecule has 124 valence electrons. The Bertz CT molecular complexity index is 629. The van der Waals surface area contributed by atoms with E-state index < -0.39 is 22.0 Å². The zero-order valence-electron chi connectivity index (χ0n) is 14.1. The van der Waals surface area contributed by atoms with Gasteiger partial charge in [0.05, 0.1) is 12.0 Å². The van der Waals surface area contributed by atoms with E-state index in [9.17, 15) is 13.2 Å². The largest absolute Gasteiger partial charge is 0.468 e. The minimum Gasteiger partial charge on any atom is -0.468 e. The molecule has 0 aliphatic heterocycles. The maximum Gasteiger partial charge on any atom is 0.324 e. The van der Waals surface area contributed by atoms with Crippen molar-refractivity contribution in [3.8, 4) is 0 Å². The van der Waals surface area contributed by atoms with Gasteiger partial charge in [-0.2, -0.15) is 4.72 Å². The number of benzene rings is 1. The number of methoxy groups -OCH3 is 1. The van der Waals surface area contributed by atoms with Crippen LogP contribution in [0.15, 0.2) is 17.0 Å². The number of hydrogen-bond acceptors (Lipinski definition) is 4. The van der Waals surface area contributed by atoms with Gasteiger partial charge < -0.3 is 4.74 Å². The Balaban J connectivity index is 3.27. The topological polar surface area (TPSA) is 72.5 Å². The van der Waals surface area contributed by atoms with Crippen molar-refractivity contribution in [3.05, 3.63) is 28.8 Å². The van der Waals surface area contributed by atoms with E-state index >= 15 is 0 Å². The second-order valence-electron chi connectivity index (χ2n) is 5.74. The van der Waals surface area contributed by atoms with Crippen LogP contribution in [0.25, 0.3) is 0 Å². The van der Waals surface area contributed by atoms with Crippen LogP contribution in [0.2, 0.25) is 0 Å². The fraction of sp³-hybridized carbons (Fsp3) is 0.562. The summed E-state index contributed by atoms with van der Waals surface area (Å²) in [4.78, 5) is 12.1. The van der Waals surface area contributed by atoms with E-state index in [0.717, 1.165) is 5.56 Å². The number of hydrogen-bond donors (Lipinski definition) is 1. The van der Waals surface area contributed by atoms with Crippen molar-refractivity contribution in [1.29, 1.82) is 0 Å². The van der Waals surface area contributed by atoms with E-state index in [-0.39, 0.29) is 10.8 Å². The van der Waals surface area contributed by atoms with Crippen LogP contribution in [0.5, 0.6) is 0 Å². The van der Waals surface area contributed by atoms with Gasteiger partial charge in [-0.1, -0.05) is 38.0 Å². The third kappa shape index (κ3) is 4.08. The zero-order valence-corrected chi connectivity index (χ0v) is 14.9. The summed E-state index contributed by atoms with van der Waals surface area (Å²) in [6.07, 6.45) is 0.661. The van der Waals surface area contributed by atoms with Crippen LogP contribution < -0.4 is 4.72 Å². The molecule has 1 N–H and O–H groups in total. The number of esters is 1. The van der Waals surface area contributed by atoms with Gasteiger partial charge in [-0.25, -0.2) is 8.42 Å². The van der Waals surface area contributed by atoms with Crippen molar-refractivity contribution in [2.75, 3.05) is 7.11 Å². The highest BCUT2D eigenvalue weighted by atomic mass is 32.2. The molecule has 1 aromatic rings. The van der Waals surface area contributed by atoms with E-state index in [1.54, 1.807) is 13.8 Å².